The fraction of sp³-hybridized carbons (Fsp3) is 0.588. The zero-order valence-corrected chi connectivity index (χ0v) is 13.7. The first-order valence-electron chi connectivity index (χ1n) is 8.14. The Morgan fingerprint density at radius 1 is 1.23 bits per heavy atom. The number of fused-ring (bicyclic) bond motifs is 1. The molecule has 1 aliphatic rings. The molecule has 0 saturated carbocycles. The van der Waals surface area contributed by atoms with Crippen molar-refractivity contribution in [2.24, 2.45) is 0 Å². The number of unbranched alkanes of at least 4 members (excludes halogenated alkanes) is 1. The minimum atomic E-state index is -0.0830. The van der Waals surface area contributed by atoms with E-state index in [1.165, 1.54) is 0 Å². The number of benzene rings is 1. The van der Waals surface area contributed by atoms with Crippen molar-refractivity contribution in [3.63, 3.8) is 0 Å². The SMILES string of the molecule is CCCCC(C(=O)Nc1ccc2c(c1)OCO2)N(CC)CC. The number of likely N-dealkylation sites (N-methyl/N-ethyl adjacent to an activating group) is 1. The van der Waals surface area contributed by atoms with E-state index in [2.05, 4.69) is 31.0 Å². The van der Waals surface area contributed by atoms with Crippen molar-refractivity contribution in [1.29, 1.82) is 0 Å². The lowest BCUT2D eigenvalue weighted by atomic mass is 10.1. The molecule has 1 unspecified atom stereocenters. The first-order valence-corrected chi connectivity index (χ1v) is 8.14. The van der Waals surface area contributed by atoms with E-state index < -0.39 is 0 Å². The maximum atomic E-state index is 12.7. The molecule has 0 spiro atoms. The van der Waals surface area contributed by atoms with Gasteiger partial charge in [0.1, 0.15) is 0 Å². The molecule has 1 aliphatic heterocycles. The predicted molar refractivity (Wildman–Crippen MR) is 87.4 cm³/mol. The quantitative estimate of drug-likeness (QED) is 0.801. The third-order valence-electron chi connectivity index (χ3n) is 4.03. The van der Waals surface area contributed by atoms with Gasteiger partial charge in [-0.1, -0.05) is 33.6 Å². The highest BCUT2D eigenvalue weighted by Crippen LogP contribution is 2.34. The number of hydrogen-bond acceptors (Lipinski definition) is 4. The van der Waals surface area contributed by atoms with Crippen LogP contribution in [0.2, 0.25) is 0 Å². The molecule has 0 fully saturated rings. The second kappa shape index (κ2) is 8.03. The van der Waals surface area contributed by atoms with Gasteiger partial charge in [0.2, 0.25) is 12.7 Å². The summed E-state index contributed by atoms with van der Waals surface area (Å²) in [6, 6.07) is 5.42. The van der Waals surface area contributed by atoms with Crippen molar-refractivity contribution in [1.82, 2.24) is 4.90 Å². The van der Waals surface area contributed by atoms with Gasteiger partial charge < -0.3 is 14.8 Å². The minimum absolute atomic E-state index is 0.0519. The smallest absolute Gasteiger partial charge is 0.241 e. The van der Waals surface area contributed by atoms with Gasteiger partial charge in [0, 0.05) is 11.8 Å². The van der Waals surface area contributed by atoms with Crippen LogP contribution in [-0.4, -0.2) is 36.7 Å². The van der Waals surface area contributed by atoms with Crippen LogP contribution in [0.1, 0.15) is 40.0 Å². The van der Waals surface area contributed by atoms with Crippen molar-refractivity contribution in [2.45, 2.75) is 46.1 Å². The lowest BCUT2D eigenvalue weighted by Crippen LogP contribution is -2.44. The first kappa shape index (κ1) is 16.6. The monoisotopic (exact) mass is 306 g/mol. The van der Waals surface area contributed by atoms with E-state index in [-0.39, 0.29) is 18.7 Å². The zero-order valence-electron chi connectivity index (χ0n) is 13.7. The van der Waals surface area contributed by atoms with Crippen molar-refractivity contribution in [3.05, 3.63) is 18.2 Å². The number of carbonyl (C=O) groups is 1. The molecule has 0 aliphatic carbocycles. The Hall–Kier alpha value is -1.75. The number of carbonyl (C=O) groups excluding carboxylic acids is 1. The molecular formula is C17H26N2O3. The van der Waals surface area contributed by atoms with Crippen LogP contribution in [0.4, 0.5) is 5.69 Å². The summed E-state index contributed by atoms with van der Waals surface area (Å²) in [5, 5.41) is 3.01. The van der Waals surface area contributed by atoms with Gasteiger partial charge in [0.15, 0.2) is 11.5 Å². The summed E-state index contributed by atoms with van der Waals surface area (Å²) in [6.45, 7) is 8.33. The highest BCUT2D eigenvalue weighted by molar-refractivity contribution is 5.95. The van der Waals surface area contributed by atoms with Crippen LogP contribution in [0, 0.1) is 0 Å². The molecular weight excluding hydrogens is 280 g/mol. The molecule has 1 heterocycles. The summed E-state index contributed by atoms with van der Waals surface area (Å²) < 4.78 is 10.6. The Balaban J connectivity index is 2.06. The van der Waals surface area contributed by atoms with E-state index in [0.717, 1.165) is 43.8 Å². The number of nitrogens with zero attached hydrogens (tertiary/aromatic N) is 1. The number of anilines is 1. The molecule has 5 nitrogen and oxygen atoms in total. The van der Waals surface area contributed by atoms with Crippen molar-refractivity contribution < 1.29 is 14.3 Å². The van der Waals surface area contributed by atoms with Crippen LogP contribution in [0.15, 0.2) is 18.2 Å². The Kier molecular flexibility index (Phi) is 6.07. The standard InChI is InChI=1S/C17H26N2O3/c1-4-7-8-14(19(5-2)6-3)17(20)18-13-9-10-15-16(11-13)22-12-21-15/h9-11,14H,4-8,12H2,1-3H3,(H,18,20). The van der Waals surface area contributed by atoms with Crippen LogP contribution in [0.5, 0.6) is 11.5 Å². The van der Waals surface area contributed by atoms with Gasteiger partial charge in [0.05, 0.1) is 6.04 Å². The highest BCUT2D eigenvalue weighted by Gasteiger charge is 2.24. The van der Waals surface area contributed by atoms with Crippen molar-refractivity contribution >= 4 is 11.6 Å². The fourth-order valence-electron chi connectivity index (χ4n) is 2.74. The van der Waals surface area contributed by atoms with E-state index in [0.29, 0.717) is 5.75 Å². The van der Waals surface area contributed by atoms with Gasteiger partial charge in [-0.15, -0.1) is 0 Å². The Morgan fingerprint density at radius 2 is 1.95 bits per heavy atom. The Labute approximate surface area is 132 Å². The number of ether oxygens (including phenoxy) is 2. The molecule has 1 N–H and O–H groups in total. The summed E-state index contributed by atoms with van der Waals surface area (Å²) in [5.74, 6) is 1.46. The second-order valence-corrected chi connectivity index (χ2v) is 5.44. The van der Waals surface area contributed by atoms with Crippen molar-refractivity contribution in [3.8, 4) is 11.5 Å². The van der Waals surface area contributed by atoms with Gasteiger partial charge in [-0.2, -0.15) is 0 Å². The first-order chi connectivity index (χ1) is 10.7. The van der Waals surface area contributed by atoms with Crippen LogP contribution >= 0.6 is 0 Å². The second-order valence-electron chi connectivity index (χ2n) is 5.44. The van der Waals surface area contributed by atoms with Crippen LogP contribution in [0.25, 0.3) is 0 Å². The lowest BCUT2D eigenvalue weighted by Gasteiger charge is -2.28. The summed E-state index contributed by atoms with van der Waals surface area (Å²) >= 11 is 0. The summed E-state index contributed by atoms with van der Waals surface area (Å²) in [4.78, 5) is 14.9. The molecule has 1 atom stereocenters. The number of hydrogen-bond donors (Lipinski definition) is 1. The summed E-state index contributed by atoms with van der Waals surface area (Å²) in [7, 11) is 0. The van der Waals surface area contributed by atoms with Gasteiger partial charge >= 0.3 is 0 Å². The molecule has 0 bridgehead atoms. The minimum Gasteiger partial charge on any atom is -0.454 e. The van der Waals surface area contributed by atoms with E-state index >= 15 is 0 Å². The Bertz CT molecular complexity index is 501. The van der Waals surface area contributed by atoms with E-state index in [1.54, 1.807) is 0 Å². The summed E-state index contributed by atoms with van der Waals surface area (Å²) in [6.07, 6.45) is 3.03. The third kappa shape index (κ3) is 3.91. The molecule has 0 radical (unpaired) electrons. The molecule has 1 aromatic carbocycles. The largest absolute Gasteiger partial charge is 0.454 e. The number of amides is 1. The maximum absolute atomic E-state index is 12.7. The van der Waals surface area contributed by atoms with Crippen molar-refractivity contribution in [2.75, 3.05) is 25.2 Å². The molecule has 122 valence electrons. The zero-order chi connectivity index (χ0) is 15.9. The fourth-order valence-corrected chi connectivity index (χ4v) is 2.74. The molecule has 1 aromatic rings. The van der Waals surface area contributed by atoms with Gasteiger partial charge in [-0.25, -0.2) is 0 Å². The van der Waals surface area contributed by atoms with Gasteiger partial charge in [-0.3, -0.25) is 9.69 Å². The molecule has 0 saturated heterocycles. The van der Waals surface area contributed by atoms with Gasteiger partial charge in [-0.05, 0) is 31.6 Å². The highest BCUT2D eigenvalue weighted by atomic mass is 16.7. The summed E-state index contributed by atoms with van der Waals surface area (Å²) in [5.41, 5.74) is 0.753. The van der Waals surface area contributed by atoms with E-state index in [9.17, 15) is 4.79 Å². The van der Waals surface area contributed by atoms with E-state index in [1.807, 2.05) is 18.2 Å². The average molecular weight is 306 g/mol. The normalized spacial score (nSPS) is 14.2. The molecule has 1 amide bonds. The number of nitrogens with one attached hydrogen (secondary N) is 1. The topological polar surface area (TPSA) is 50.8 Å². The van der Waals surface area contributed by atoms with Crippen LogP contribution in [-0.2, 0) is 4.79 Å². The Morgan fingerprint density at radius 3 is 2.64 bits per heavy atom. The molecule has 2 rings (SSSR count). The maximum Gasteiger partial charge on any atom is 0.241 e. The van der Waals surface area contributed by atoms with Crippen LogP contribution < -0.4 is 14.8 Å². The number of rotatable bonds is 8. The molecule has 0 aromatic heterocycles. The molecule has 5 heteroatoms. The predicted octanol–water partition coefficient (Wildman–Crippen LogP) is 3.25. The average Bonchev–Trinajstić information content (AvgIpc) is 2.99. The molecule has 22 heavy (non-hydrogen) atoms. The third-order valence-corrected chi connectivity index (χ3v) is 4.03. The van der Waals surface area contributed by atoms with E-state index in [4.69, 9.17) is 9.47 Å². The van der Waals surface area contributed by atoms with Gasteiger partial charge in [0.25, 0.3) is 0 Å². The lowest BCUT2D eigenvalue weighted by molar-refractivity contribution is -0.121. The van der Waals surface area contributed by atoms with Crippen LogP contribution in [0.3, 0.4) is 0 Å².